The normalized spacial score (nSPS) is 23.7. The van der Waals surface area contributed by atoms with E-state index in [2.05, 4.69) is 0 Å². The van der Waals surface area contributed by atoms with Crippen LogP contribution in [0.1, 0.15) is 19.3 Å². The van der Waals surface area contributed by atoms with Crippen molar-refractivity contribution in [3.8, 4) is 5.75 Å². The van der Waals surface area contributed by atoms with E-state index in [1.54, 1.807) is 0 Å². The molecule has 1 heterocycles. The van der Waals surface area contributed by atoms with Crippen LogP contribution in [0.3, 0.4) is 0 Å². The van der Waals surface area contributed by atoms with Crippen molar-refractivity contribution in [3.63, 3.8) is 0 Å². The largest absolute Gasteiger partial charge is 0.497 e. The second-order valence-electron chi connectivity index (χ2n) is 5.23. The van der Waals surface area contributed by atoms with Gasteiger partial charge in [0.2, 0.25) is 10.0 Å². The number of rotatable bonds is 4. The summed E-state index contributed by atoms with van der Waals surface area (Å²) in [6.07, 6.45) is 1.79. The Bertz CT molecular complexity index is 629. The predicted octanol–water partition coefficient (Wildman–Crippen LogP) is 0.650. The first-order chi connectivity index (χ1) is 10.4. The second kappa shape index (κ2) is 6.64. The summed E-state index contributed by atoms with van der Waals surface area (Å²) in [5.74, 6) is -0.687. The standard InChI is InChI=1S/C14H20N2O5S/c1-21-10-5-7-11(8-6-10)22(19,20)16-9-3-2-4-12(15)13(16)14(17)18/h5-8,12-13H,2-4,9,15H2,1H3,(H,17,18). The summed E-state index contributed by atoms with van der Waals surface area (Å²) in [4.78, 5) is 11.5. The molecule has 0 amide bonds. The maximum Gasteiger partial charge on any atom is 0.323 e. The van der Waals surface area contributed by atoms with Crippen LogP contribution in [-0.4, -0.2) is 49.5 Å². The van der Waals surface area contributed by atoms with Gasteiger partial charge >= 0.3 is 5.97 Å². The van der Waals surface area contributed by atoms with E-state index < -0.39 is 28.1 Å². The third-order valence-electron chi connectivity index (χ3n) is 3.80. The van der Waals surface area contributed by atoms with Gasteiger partial charge in [0.15, 0.2) is 0 Å². The van der Waals surface area contributed by atoms with Crippen LogP contribution in [0.25, 0.3) is 0 Å². The molecule has 1 aromatic carbocycles. The molecule has 122 valence electrons. The first kappa shape index (κ1) is 16.7. The zero-order chi connectivity index (χ0) is 16.3. The monoisotopic (exact) mass is 328 g/mol. The van der Waals surface area contributed by atoms with Gasteiger partial charge < -0.3 is 15.6 Å². The number of carbonyl (C=O) groups is 1. The average Bonchev–Trinajstić information content (AvgIpc) is 2.69. The molecule has 3 N–H and O–H groups in total. The van der Waals surface area contributed by atoms with Crippen molar-refractivity contribution in [3.05, 3.63) is 24.3 Å². The Morgan fingerprint density at radius 3 is 2.50 bits per heavy atom. The van der Waals surface area contributed by atoms with Gasteiger partial charge in [0.1, 0.15) is 11.8 Å². The third kappa shape index (κ3) is 3.23. The lowest BCUT2D eigenvalue weighted by atomic mass is 10.1. The topological polar surface area (TPSA) is 110 Å². The molecule has 1 saturated heterocycles. The zero-order valence-electron chi connectivity index (χ0n) is 12.3. The van der Waals surface area contributed by atoms with Crippen LogP contribution in [0, 0.1) is 0 Å². The highest BCUT2D eigenvalue weighted by molar-refractivity contribution is 7.89. The molecule has 1 aromatic rings. The van der Waals surface area contributed by atoms with E-state index in [1.165, 1.54) is 31.4 Å². The van der Waals surface area contributed by atoms with E-state index in [0.717, 1.165) is 4.31 Å². The van der Waals surface area contributed by atoms with Crippen molar-refractivity contribution in [2.75, 3.05) is 13.7 Å². The molecular weight excluding hydrogens is 308 g/mol. The van der Waals surface area contributed by atoms with E-state index in [1.807, 2.05) is 0 Å². The average molecular weight is 328 g/mol. The minimum Gasteiger partial charge on any atom is -0.497 e. The molecule has 2 rings (SSSR count). The Morgan fingerprint density at radius 2 is 1.95 bits per heavy atom. The van der Waals surface area contributed by atoms with Crippen LogP contribution in [0.15, 0.2) is 29.2 Å². The number of nitrogens with two attached hydrogens (primary N) is 1. The first-order valence-electron chi connectivity index (χ1n) is 7.02. The minimum absolute atomic E-state index is 0.0358. The Morgan fingerprint density at radius 1 is 1.32 bits per heavy atom. The van der Waals surface area contributed by atoms with Gasteiger partial charge in [-0.25, -0.2) is 8.42 Å². The fourth-order valence-electron chi connectivity index (χ4n) is 2.62. The fraction of sp³-hybridized carbons (Fsp3) is 0.500. The highest BCUT2D eigenvalue weighted by Crippen LogP contribution is 2.25. The lowest BCUT2D eigenvalue weighted by Gasteiger charge is -2.29. The highest BCUT2D eigenvalue weighted by Gasteiger charge is 2.40. The Labute approximate surface area is 129 Å². The molecule has 1 fully saturated rings. The van der Waals surface area contributed by atoms with Crippen molar-refractivity contribution in [1.82, 2.24) is 4.31 Å². The fourth-order valence-corrected chi connectivity index (χ4v) is 4.28. The summed E-state index contributed by atoms with van der Waals surface area (Å²) < 4.78 is 31.5. The van der Waals surface area contributed by atoms with Gasteiger partial charge in [0.25, 0.3) is 0 Å². The van der Waals surface area contributed by atoms with E-state index in [9.17, 15) is 18.3 Å². The number of aliphatic carboxylic acids is 1. The SMILES string of the molecule is COc1ccc(S(=O)(=O)N2CCCCC(N)C2C(=O)O)cc1. The second-order valence-corrected chi connectivity index (χ2v) is 7.12. The number of carboxylic acids is 1. The van der Waals surface area contributed by atoms with Gasteiger partial charge in [0, 0.05) is 12.6 Å². The number of hydrogen-bond donors (Lipinski definition) is 2. The number of methoxy groups -OCH3 is 1. The number of hydrogen-bond acceptors (Lipinski definition) is 5. The van der Waals surface area contributed by atoms with Gasteiger partial charge in [-0.1, -0.05) is 6.42 Å². The number of nitrogens with zero attached hydrogens (tertiary/aromatic N) is 1. The number of ether oxygens (including phenoxy) is 1. The van der Waals surface area contributed by atoms with E-state index in [-0.39, 0.29) is 11.4 Å². The molecule has 7 nitrogen and oxygen atoms in total. The van der Waals surface area contributed by atoms with Gasteiger partial charge in [-0.3, -0.25) is 4.79 Å². The predicted molar refractivity (Wildman–Crippen MR) is 80.1 cm³/mol. The van der Waals surface area contributed by atoms with Crippen molar-refractivity contribution in [2.45, 2.75) is 36.2 Å². The third-order valence-corrected chi connectivity index (χ3v) is 5.70. The van der Waals surface area contributed by atoms with Crippen molar-refractivity contribution in [2.24, 2.45) is 5.73 Å². The van der Waals surface area contributed by atoms with E-state index in [0.29, 0.717) is 25.0 Å². The minimum atomic E-state index is -3.92. The van der Waals surface area contributed by atoms with Crippen molar-refractivity contribution in [1.29, 1.82) is 0 Å². The van der Waals surface area contributed by atoms with Crippen LogP contribution in [-0.2, 0) is 14.8 Å². The summed E-state index contributed by atoms with van der Waals surface area (Å²) in [5.41, 5.74) is 5.88. The Balaban J connectivity index is 2.41. The van der Waals surface area contributed by atoms with Crippen LogP contribution in [0.2, 0.25) is 0 Å². The van der Waals surface area contributed by atoms with Gasteiger partial charge in [0.05, 0.1) is 12.0 Å². The first-order valence-corrected chi connectivity index (χ1v) is 8.46. The van der Waals surface area contributed by atoms with Crippen molar-refractivity contribution >= 4 is 16.0 Å². The molecular formula is C14H20N2O5S. The molecule has 1 aliphatic heterocycles. The van der Waals surface area contributed by atoms with Crippen LogP contribution >= 0.6 is 0 Å². The molecule has 8 heteroatoms. The lowest BCUT2D eigenvalue weighted by Crippen LogP contribution is -2.53. The van der Waals surface area contributed by atoms with Gasteiger partial charge in [-0.2, -0.15) is 4.31 Å². The molecule has 2 atom stereocenters. The number of carboxylic acid groups (broad SMARTS) is 1. The maximum absolute atomic E-state index is 12.8. The van der Waals surface area contributed by atoms with Gasteiger partial charge in [-0.05, 0) is 37.1 Å². The summed E-state index contributed by atoms with van der Waals surface area (Å²) >= 11 is 0. The van der Waals surface area contributed by atoms with E-state index in [4.69, 9.17) is 10.5 Å². The van der Waals surface area contributed by atoms with Crippen LogP contribution in [0.4, 0.5) is 0 Å². The van der Waals surface area contributed by atoms with Crippen LogP contribution < -0.4 is 10.5 Å². The zero-order valence-corrected chi connectivity index (χ0v) is 13.1. The van der Waals surface area contributed by atoms with Crippen molar-refractivity contribution < 1.29 is 23.1 Å². The smallest absolute Gasteiger partial charge is 0.323 e. The molecule has 0 radical (unpaired) electrons. The molecule has 0 aromatic heterocycles. The Hall–Kier alpha value is -1.64. The molecule has 22 heavy (non-hydrogen) atoms. The lowest BCUT2D eigenvalue weighted by molar-refractivity contribution is -0.142. The quantitative estimate of drug-likeness (QED) is 0.840. The van der Waals surface area contributed by atoms with E-state index >= 15 is 0 Å². The highest BCUT2D eigenvalue weighted by atomic mass is 32.2. The Kier molecular flexibility index (Phi) is 5.05. The molecule has 0 spiro atoms. The summed E-state index contributed by atoms with van der Waals surface area (Å²) in [5, 5.41) is 9.39. The number of sulfonamides is 1. The van der Waals surface area contributed by atoms with Crippen LogP contribution in [0.5, 0.6) is 5.75 Å². The number of benzene rings is 1. The molecule has 0 aliphatic carbocycles. The molecule has 0 bridgehead atoms. The van der Waals surface area contributed by atoms with Gasteiger partial charge in [-0.15, -0.1) is 0 Å². The maximum atomic E-state index is 12.8. The summed E-state index contributed by atoms with van der Waals surface area (Å²) in [7, 11) is -2.44. The molecule has 2 unspecified atom stereocenters. The summed E-state index contributed by atoms with van der Waals surface area (Å²) in [6.45, 7) is 0.152. The molecule has 0 saturated carbocycles. The summed E-state index contributed by atoms with van der Waals surface area (Å²) in [6, 6.07) is 3.91. The molecule has 1 aliphatic rings.